The zero-order valence-electron chi connectivity index (χ0n) is 12.2. The fraction of sp³-hybridized carbons (Fsp3) is 0.235. The first-order chi connectivity index (χ1) is 9.56. The molecule has 2 aromatic carbocycles. The summed E-state index contributed by atoms with van der Waals surface area (Å²) in [5.41, 5.74) is 4.43. The van der Waals surface area contributed by atoms with Gasteiger partial charge in [-0.1, -0.05) is 56.6 Å². The van der Waals surface area contributed by atoms with Gasteiger partial charge in [-0.3, -0.25) is 4.79 Å². The standard InChI is InChI=1S/C17H20NOP/c1-12-9-13(2)17(14(3)10-12)18-16(19)11-20-15-7-5-4-6-8-15/h4-10,20H,11H2,1-3H3,(H,18,19). The molecule has 1 atom stereocenters. The average molecular weight is 285 g/mol. The summed E-state index contributed by atoms with van der Waals surface area (Å²) in [7, 11) is 0.516. The number of rotatable bonds is 4. The Balaban J connectivity index is 1.98. The first-order valence-electron chi connectivity index (χ1n) is 6.73. The number of hydrogen-bond acceptors (Lipinski definition) is 1. The summed E-state index contributed by atoms with van der Waals surface area (Å²) < 4.78 is 0. The molecule has 1 unspecified atom stereocenters. The van der Waals surface area contributed by atoms with E-state index >= 15 is 0 Å². The number of aryl methyl sites for hydroxylation is 3. The largest absolute Gasteiger partial charge is 0.325 e. The molecule has 0 saturated carbocycles. The number of amides is 1. The molecule has 1 N–H and O–H groups in total. The van der Waals surface area contributed by atoms with Gasteiger partial charge in [-0.25, -0.2) is 0 Å². The van der Waals surface area contributed by atoms with Gasteiger partial charge in [-0.2, -0.15) is 0 Å². The lowest BCUT2D eigenvalue weighted by atomic mass is 10.1. The third-order valence-corrected chi connectivity index (χ3v) is 4.41. The molecule has 2 aromatic rings. The third kappa shape index (κ3) is 3.91. The van der Waals surface area contributed by atoms with Crippen LogP contribution in [0.5, 0.6) is 0 Å². The Kier molecular flexibility index (Phi) is 4.92. The van der Waals surface area contributed by atoms with Crippen LogP contribution in [0, 0.1) is 20.8 Å². The van der Waals surface area contributed by atoms with Crippen molar-refractivity contribution in [2.75, 3.05) is 11.5 Å². The van der Waals surface area contributed by atoms with Gasteiger partial charge in [0.15, 0.2) is 0 Å². The highest BCUT2D eigenvalue weighted by atomic mass is 31.1. The van der Waals surface area contributed by atoms with Crippen LogP contribution in [0.3, 0.4) is 0 Å². The minimum absolute atomic E-state index is 0.0854. The Morgan fingerprint density at radius 1 is 1.05 bits per heavy atom. The molecule has 0 fully saturated rings. The summed E-state index contributed by atoms with van der Waals surface area (Å²) in [4.78, 5) is 12.1. The fourth-order valence-electron chi connectivity index (χ4n) is 2.30. The lowest BCUT2D eigenvalue weighted by Crippen LogP contribution is -2.16. The van der Waals surface area contributed by atoms with Crippen molar-refractivity contribution in [1.29, 1.82) is 0 Å². The van der Waals surface area contributed by atoms with E-state index in [1.807, 2.05) is 32.0 Å². The number of benzene rings is 2. The Morgan fingerprint density at radius 3 is 2.25 bits per heavy atom. The second-order valence-corrected chi connectivity index (χ2v) is 6.33. The first-order valence-corrected chi connectivity index (χ1v) is 7.93. The molecule has 0 saturated heterocycles. The lowest BCUT2D eigenvalue weighted by Gasteiger charge is -2.12. The van der Waals surface area contributed by atoms with Crippen molar-refractivity contribution in [1.82, 2.24) is 0 Å². The molecular weight excluding hydrogens is 265 g/mol. The maximum absolute atomic E-state index is 12.1. The van der Waals surface area contributed by atoms with Crippen molar-refractivity contribution in [2.24, 2.45) is 0 Å². The van der Waals surface area contributed by atoms with Gasteiger partial charge in [0.2, 0.25) is 5.91 Å². The zero-order chi connectivity index (χ0) is 14.5. The van der Waals surface area contributed by atoms with Crippen molar-refractivity contribution < 1.29 is 4.79 Å². The lowest BCUT2D eigenvalue weighted by molar-refractivity contribution is -0.113. The van der Waals surface area contributed by atoms with E-state index in [2.05, 4.69) is 36.5 Å². The Morgan fingerprint density at radius 2 is 1.65 bits per heavy atom. The van der Waals surface area contributed by atoms with Crippen LogP contribution in [0.2, 0.25) is 0 Å². The van der Waals surface area contributed by atoms with Gasteiger partial charge < -0.3 is 5.32 Å². The molecule has 0 bridgehead atoms. The van der Waals surface area contributed by atoms with E-state index < -0.39 is 0 Å². The van der Waals surface area contributed by atoms with Crippen molar-refractivity contribution in [3.05, 3.63) is 59.2 Å². The van der Waals surface area contributed by atoms with Gasteiger partial charge in [-0.15, -0.1) is 0 Å². The molecule has 0 aliphatic carbocycles. The van der Waals surface area contributed by atoms with Gasteiger partial charge in [0, 0.05) is 11.8 Å². The molecule has 1 amide bonds. The van der Waals surface area contributed by atoms with Crippen LogP contribution in [-0.4, -0.2) is 12.1 Å². The Hall–Kier alpha value is -1.66. The van der Waals surface area contributed by atoms with E-state index in [0.29, 0.717) is 14.7 Å². The predicted octanol–water partition coefficient (Wildman–Crippen LogP) is 3.55. The molecule has 0 aromatic heterocycles. The highest BCUT2D eigenvalue weighted by molar-refractivity contribution is 7.48. The van der Waals surface area contributed by atoms with E-state index in [4.69, 9.17) is 0 Å². The normalized spacial score (nSPS) is 10.9. The SMILES string of the molecule is Cc1cc(C)c(NC(=O)CPc2ccccc2)c(C)c1. The minimum Gasteiger partial charge on any atom is -0.325 e. The molecule has 3 heteroatoms. The Labute approximate surface area is 122 Å². The monoisotopic (exact) mass is 285 g/mol. The van der Waals surface area contributed by atoms with E-state index in [1.165, 1.54) is 10.9 Å². The summed E-state index contributed by atoms with van der Waals surface area (Å²) in [5.74, 6) is 0.0854. The molecule has 20 heavy (non-hydrogen) atoms. The maximum atomic E-state index is 12.1. The number of carbonyl (C=O) groups is 1. The minimum atomic E-state index is 0.0854. The Bertz CT molecular complexity index is 585. The number of carbonyl (C=O) groups excluding carboxylic acids is 1. The molecule has 104 valence electrons. The number of hydrogen-bond donors (Lipinski definition) is 1. The van der Waals surface area contributed by atoms with Gasteiger partial charge in [-0.05, 0) is 37.2 Å². The van der Waals surface area contributed by atoms with E-state index in [-0.39, 0.29) is 5.91 Å². The van der Waals surface area contributed by atoms with Crippen LogP contribution in [0.15, 0.2) is 42.5 Å². The van der Waals surface area contributed by atoms with Crippen LogP contribution in [0.1, 0.15) is 16.7 Å². The average Bonchev–Trinajstić information content (AvgIpc) is 2.42. The third-order valence-electron chi connectivity index (χ3n) is 3.17. The van der Waals surface area contributed by atoms with Crippen molar-refractivity contribution in [3.63, 3.8) is 0 Å². The molecule has 0 aliphatic rings. The van der Waals surface area contributed by atoms with Crippen molar-refractivity contribution in [3.8, 4) is 0 Å². The first kappa shape index (κ1) is 14.7. The second-order valence-electron chi connectivity index (χ2n) is 5.04. The number of nitrogens with one attached hydrogen (secondary N) is 1. The van der Waals surface area contributed by atoms with Gasteiger partial charge in [0.25, 0.3) is 0 Å². The summed E-state index contributed by atoms with van der Waals surface area (Å²) in [6.45, 7) is 6.15. The van der Waals surface area contributed by atoms with Crippen LogP contribution < -0.4 is 10.6 Å². The quantitative estimate of drug-likeness (QED) is 0.855. The van der Waals surface area contributed by atoms with E-state index in [0.717, 1.165) is 16.8 Å². The van der Waals surface area contributed by atoms with Crippen LogP contribution >= 0.6 is 8.58 Å². The molecule has 0 spiro atoms. The smallest absolute Gasteiger partial charge is 0.228 e. The number of anilines is 1. The highest BCUT2D eigenvalue weighted by Gasteiger charge is 2.08. The molecular formula is C17H20NOP. The molecule has 0 radical (unpaired) electrons. The predicted molar refractivity (Wildman–Crippen MR) is 88.5 cm³/mol. The van der Waals surface area contributed by atoms with Crippen LogP contribution in [0.4, 0.5) is 5.69 Å². The van der Waals surface area contributed by atoms with E-state index in [9.17, 15) is 4.79 Å². The zero-order valence-corrected chi connectivity index (χ0v) is 13.2. The topological polar surface area (TPSA) is 29.1 Å². The van der Waals surface area contributed by atoms with Gasteiger partial charge in [0.05, 0.1) is 0 Å². The summed E-state index contributed by atoms with van der Waals surface area (Å²) >= 11 is 0. The summed E-state index contributed by atoms with van der Waals surface area (Å²) in [5, 5.41) is 4.27. The molecule has 2 nitrogen and oxygen atoms in total. The van der Waals surface area contributed by atoms with Crippen molar-refractivity contribution >= 4 is 25.5 Å². The van der Waals surface area contributed by atoms with E-state index in [1.54, 1.807) is 0 Å². The fourth-order valence-corrected chi connectivity index (χ4v) is 3.18. The summed E-state index contributed by atoms with van der Waals surface area (Å²) in [6, 6.07) is 14.3. The molecule has 2 rings (SSSR count). The van der Waals surface area contributed by atoms with Gasteiger partial charge >= 0.3 is 0 Å². The molecule has 0 aliphatic heterocycles. The van der Waals surface area contributed by atoms with Gasteiger partial charge in [0.1, 0.15) is 0 Å². The molecule has 0 heterocycles. The summed E-state index contributed by atoms with van der Waals surface area (Å²) in [6.07, 6.45) is 0.538. The van der Waals surface area contributed by atoms with Crippen LogP contribution in [0.25, 0.3) is 0 Å². The maximum Gasteiger partial charge on any atom is 0.228 e. The van der Waals surface area contributed by atoms with Crippen LogP contribution in [-0.2, 0) is 4.79 Å². The highest BCUT2D eigenvalue weighted by Crippen LogP contribution is 2.22. The van der Waals surface area contributed by atoms with Crippen molar-refractivity contribution in [2.45, 2.75) is 20.8 Å². The second kappa shape index (κ2) is 6.67.